The molecule has 1 fully saturated rings. The van der Waals surface area contributed by atoms with Crippen LogP contribution in [0.4, 0.5) is 5.69 Å². The third kappa shape index (κ3) is 2.82. The number of carbonyl (C=O) groups excluding carboxylic acids is 1. The molecule has 0 spiro atoms. The lowest BCUT2D eigenvalue weighted by Gasteiger charge is -2.17. The van der Waals surface area contributed by atoms with Crippen molar-refractivity contribution in [2.75, 3.05) is 39.1 Å². The molecule has 1 aromatic carbocycles. The molecule has 0 bridgehead atoms. The first-order valence-electron chi connectivity index (χ1n) is 6.32. The van der Waals surface area contributed by atoms with Gasteiger partial charge in [0.2, 0.25) is 5.91 Å². The topological polar surface area (TPSA) is 35.6 Å². The Kier molecular flexibility index (Phi) is 3.87. The van der Waals surface area contributed by atoms with E-state index in [1.54, 1.807) is 4.90 Å². The van der Waals surface area contributed by atoms with Gasteiger partial charge in [-0.2, -0.15) is 0 Å². The van der Waals surface area contributed by atoms with Gasteiger partial charge in [0.15, 0.2) is 0 Å². The zero-order valence-corrected chi connectivity index (χ0v) is 11.3. The molecule has 0 aliphatic carbocycles. The van der Waals surface area contributed by atoms with E-state index < -0.39 is 0 Å². The Hall–Kier alpha value is -1.55. The average Bonchev–Trinajstić information content (AvgIpc) is 2.52. The van der Waals surface area contributed by atoms with Gasteiger partial charge < -0.3 is 15.1 Å². The van der Waals surface area contributed by atoms with E-state index >= 15 is 0 Å². The average molecular weight is 247 g/mol. The summed E-state index contributed by atoms with van der Waals surface area (Å²) >= 11 is 0. The largest absolute Gasteiger partial charge is 0.378 e. The van der Waals surface area contributed by atoms with Gasteiger partial charge in [0.05, 0.1) is 0 Å². The highest BCUT2D eigenvalue weighted by Crippen LogP contribution is 2.22. The number of amides is 1. The number of nitrogens with zero attached hydrogens (tertiary/aromatic N) is 2. The first-order chi connectivity index (χ1) is 8.58. The van der Waals surface area contributed by atoms with Gasteiger partial charge >= 0.3 is 0 Å². The van der Waals surface area contributed by atoms with Crippen molar-refractivity contribution in [3.8, 4) is 0 Å². The molecule has 4 nitrogen and oxygen atoms in total. The van der Waals surface area contributed by atoms with Crippen molar-refractivity contribution < 1.29 is 4.79 Å². The highest BCUT2D eigenvalue weighted by Gasteiger charge is 2.21. The molecule has 98 valence electrons. The van der Waals surface area contributed by atoms with Crippen molar-refractivity contribution in [3.05, 3.63) is 29.8 Å². The van der Waals surface area contributed by atoms with E-state index in [4.69, 9.17) is 0 Å². The predicted octanol–water partition coefficient (Wildman–Crippen LogP) is 1.25. The minimum Gasteiger partial charge on any atom is -0.378 e. The van der Waals surface area contributed by atoms with Crippen molar-refractivity contribution in [1.29, 1.82) is 0 Å². The maximum atomic E-state index is 11.9. The van der Waals surface area contributed by atoms with Gasteiger partial charge in [0, 0.05) is 52.4 Å². The summed E-state index contributed by atoms with van der Waals surface area (Å²) in [6.07, 6.45) is 0.539. The zero-order valence-electron chi connectivity index (χ0n) is 11.3. The molecular formula is C14H21N3O. The molecule has 1 aromatic rings. The van der Waals surface area contributed by atoms with Crippen LogP contribution in [-0.4, -0.2) is 45.0 Å². The number of anilines is 1. The maximum Gasteiger partial charge on any atom is 0.224 e. The lowest BCUT2D eigenvalue weighted by Crippen LogP contribution is -2.27. The Bertz CT molecular complexity index is 414. The molecule has 18 heavy (non-hydrogen) atoms. The number of benzene rings is 1. The van der Waals surface area contributed by atoms with Gasteiger partial charge in [-0.05, 0) is 17.7 Å². The monoisotopic (exact) mass is 247 g/mol. The summed E-state index contributed by atoms with van der Waals surface area (Å²) in [4.78, 5) is 15.7. The summed E-state index contributed by atoms with van der Waals surface area (Å²) in [6, 6.07) is 8.53. The molecule has 1 unspecified atom stereocenters. The SMILES string of the molecule is CN1CCNC(c2ccc(N(C)C)cc2)CC1=O. The van der Waals surface area contributed by atoms with Gasteiger partial charge in [-0.3, -0.25) is 4.79 Å². The van der Waals surface area contributed by atoms with E-state index in [0.717, 1.165) is 13.1 Å². The smallest absolute Gasteiger partial charge is 0.224 e. The molecule has 1 aliphatic heterocycles. The summed E-state index contributed by atoms with van der Waals surface area (Å²) in [6.45, 7) is 1.63. The van der Waals surface area contributed by atoms with E-state index in [0.29, 0.717) is 6.42 Å². The highest BCUT2D eigenvalue weighted by atomic mass is 16.2. The fraction of sp³-hybridized carbons (Fsp3) is 0.500. The standard InChI is InChI=1S/C14H21N3O/c1-16(2)12-6-4-11(5-7-12)13-10-14(18)17(3)9-8-15-13/h4-7,13,15H,8-10H2,1-3H3. The Balaban J connectivity index is 2.13. The van der Waals surface area contributed by atoms with E-state index in [1.165, 1.54) is 11.3 Å². The van der Waals surface area contributed by atoms with Gasteiger partial charge in [0.25, 0.3) is 0 Å². The number of hydrogen-bond donors (Lipinski definition) is 1. The van der Waals surface area contributed by atoms with Crippen LogP contribution in [0.1, 0.15) is 18.0 Å². The lowest BCUT2D eigenvalue weighted by molar-refractivity contribution is -0.129. The predicted molar refractivity (Wildman–Crippen MR) is 73.8 cm³/mol. The summed E-state index contributed by atoms with van der Waals surface area (Å²) in [7, 11) is 5.91. The second-order valence-electron chi connectivity index (χ2n) is 5.01. The van der Waals surface area contributed by atoms with Crippen molar-refractivity contribution in [2.24, 2.45) is 0 Å². The van der Waals surface area contributed by atoms with Crippen LogP contribution in [0.3, 0.4) is 0 Å². The van der Waals surface area contributed by atoms with E-state index in [2.05, 4.69) is 34.5 Å². The van der Waals surface area contributed by atoms with Crippen LogP contribution in [0.2, 0.25) is 0 Å². The van der Waals surface area contributed by atoms with Gasteiger partial charge in [0.1, 0.15) is 0 Å². The van der Waals surface area contributed by atoms with Gasteiger partial charge in [-0.15, -0.1) is 0 Å². The molecule has 1 aliphatic rings. The zero-order chi connectivity index (χ0) is 13.1. The molecule has 1 atom stereocenters. The molecule has 1 N–H and O–H groups in total. The van der Waals surface area contributed by atoms with Crippen LogP contribution in [0.5, 0.6) is 0 Å². The molecule has 0 aromatic heterocycles. The lowest BCUT2D eigenvalue weighted by atomic mass is 10.0. The van der Waals surface area contributed by atoms with E-state index in [9.17, 15) is 4.79 Å². The van der Waals surface area contributed by atoms with Crippen LogP contribution in [0.25, 0.3) is 0 Å². The van der Waals surface area contributed by atoms with E-state index in [1.807, 2.05) is 21.1 Å². The first kappa shape index (κ1) is 12.9. The van der Waals surface area contributed by atoms with E-state index in [-0.39, 0.29) is 11.9 Å². The van der Waals surface area contributed by atoms with Crippen LogP contribution in [0, 0.1) is 0 Å². The Morgan fingerprint density at radius 3 is 2.56 bits per heavy atom. The second-order valence-corrected chi connectivity index (χ2v) is 5.01. The third-order valence-corrected chi connectivity index (χ3v) is 3.45. The minimum absolute atomic E-state index is 0.138. The second kappa shape index (κ2) is 5.40. The Morgan fingerprint density at radius 1 is 1.28 bits per heavy atom. The summed E-state index contributed by atoms with van der Waals surface area (Å²) in [5.41, 5.74) is 2.36. The van der Waals surface area contributed by atoms with Crippen LogP contribution >= 0.6 is 0 Å². The summed E-state index contributed by atoms with van der Waals surface area (Å²) in [5.74, 6) is 0.210. The highest BCUT2D eigenvalue weighted by molar-refractivity contribution is 5.77. The molecule has 0 saturated carbocycles. The van der Waals surface area contributed by atoms with Crippen molar-refractivity contribution in [3.63, 3.8) is 0 Å². The first-order valence-corrected chi connectivity index (χ1v) is 6.32. The van der Waals surface area contributed by atoms with Crippen molar-refractivity contribution in [2.45, 2.75) is 12.5 Å². The number of rotatable bonds is 2. The Morgan fingerprint density at radius 2 is 1.94 bits per heavy atom. The quantitative estimate of drug-likeness (QED) is 0.854. The van der Waals surface area contributed by atoms with Crippen LogP contribution in [0.15, 0.2) is 24.3 Å². The summed E-state index contributed by atoms with van der Waals surface area (Å²) < 4.78 is 0. The number of carbonyl (C=O) groups is 1. The molecule has 1 heterocycles. The maximum absolute atomic E-state index is 11.9. The van der Waals surface area contributed by atoms with Crippen LogP contribution in [-0.2, 0) is 4.79 Å². The van der Waals surface area contributed by atoms with Gasteiger partial charge in [-0.1, -0.05) is 12.1 Å². The number of likely N-dealkylation sites (N-methyl/N-ethyl adjacent to an activating group) is 1. The molecular weight excluding hydrogens is 226 g/mol. The fourth-order valence-corrected chi connectivity index (χ4v) is 2.17. The third-order valence-electron chi connectivity index (χ3n) is 3.45. The Labute approximate surface area is 109 Å². The van der Waals surface area contributed by atoms with Crippen molar-refractivity contribution >= 4 is 11.6 Å². The molecule has 2 rings (SSSR count). The normalized spacial score (nSPS) is 20.7. The number of hydrogen-bond acceptors (Lipinski definition) is 3. The van der Waals surface area contributed by atoms with Crippen molar-refractivity contribution in [1.82, 2.24) is 10.2 Å². The fourth-order valence-electron chi connectivity index (χ4n) is 2.17. The van der Waals surface area contributed by atoms with Crippen LogP contribution < -0.4 is 10.2 Å². The minimum atomic E-state index is 0.138. The summed E-state index contributed by atoms with van der Waals surface area (Å²) in [5, 5.41) is 3.43. The van der Waals surface area contributed by atoms with Gasteiger partial charge in [-0.25, -0.2) is 0 Å². The number of nitrogens with one attached hydrogen (secondary N) is 1. The molecule has 0 radical (unpaired) electrons. The molecule has 1 amide bonds. The molecule has 1 saturated heterocycles. The molecule has 4 heteroatoms.